The number of amides is 2. The molecular weight excluding hydrogens is 594 g/mol. The number of rotatable bonds is 8. The summed E-state index contributed by atoms with van der Waals surface area (Å²) in [5.41, 5.74) is 0.503. The minimum Gasteiger partial charge on any atom is -0.382 e. The van der Waals surface area contributed by atoms with Crippen LogP contribution >= 0.6 is 11.6 Å². The van der Waals surface area contributed by atoms with Crippen molar-refractivity contribution in [3.63, 3.8) is 0 Å². The average molecular weight is 626 g/mol. The zero-order valence-corrected chi connectivity index (χ0v) is 25.1. The van der Waals surface area contributed by atoms with Crippen LogP contribution in [-0.2, 0) is 29.4 Å². The van der Waals surface area contributed by atoms with Crippen molar-refractivity contribution >= 4 is 54.0 Å². The van der Waals surface area contributed by atoms with Gasteiger partial charge in [-0.2, -0.15) is 4.31 Å². The van der Waals surface area contributed by atoms with Crippen LogP contribution in [0, 0.1) is 0 Å². The van der Waals surface area contributed by atoms with Gasteiger partial charge in [0.05, 0.1) is 36.9 Å². The molecule has 2 fully saturated rings. The second-order valence-electron chi connectivity index (χ2n) is 10.7. The first kappa shape index (κ1) is 29.6. The van der Waals surface area contributed by atoms with E-state index in [0.29, 0.717) is 42.3 Å². The Hall–Kier alpha value is -2.91. The summed E-state index contributed by atoms with van der Waals surface area (Å²) in [6.07, 6.45) is 2.07. The first-order valence-corrected chi connectivity index (χ1v) is 16.9. The maximum Gasteiger partial charge on any atom is 0.273 e. The summed E-state index contributed by atoms with van der Waals surface area (Å²) in [4.78, 5) is 32.9. The van der Waals surface area contributed by atoms with E-state index in [1.165, 1.54) is 28.4 Å². The summed E-state index contributed by atoms with van der Waals surface area (Å²) in [5, 5.41) is 12.6. The van der Waals surface area contributed by atoms with Crippen molar-refractivity contribution in [2.45, 2.75) is 29.9 Å². The molecule has 3 aliphatic rings. The molecule has 1 atom stereocenters. The number of aliphatic hydroxyl groups is 1. The number of halogens is 1. The van der Waals surface area contributed by atoms with E-state index in [-0.39, 0.29) is 36.6 Å². The van der Waals surface area contributed by atoms with E-state index in [2.05, 4.69) is 0 Å². The number of nitrogens with zero attached hydrogens (tertiary/aromatic N) is 5. The molecule has 0 aromatic heterocycles. The predicted molar refractivity (Wildman–Crippen MR) is 152 cm³/mol. The van der Waals surface area contributed by atoms with Gasteiger partial charge in [-0.25, -0.2) is 16.8 Å². The molecule has 5 rings (SSSR count). The molecule has 41 heavy (non-hydrogen) atoms. The maximum atomic E-state index is 13.1. The quantitative estimate of drug-likeness (QED) is 0.449. The van der Waals surface area contributed by atoms with Gasteiger partial charge in [0.15, 0.2) is 9.84 Å². The lowest BCUT2D eigenvalue weighted by molar-refractivity contribution is -0.141. The number of sulfone groups is 1. The molecule has 0 unspecified atom stereocenters. The van der Waals surface area contributed by atoms with E-state index in [9.17, 15) is 31.5 Å². The molecule has 12 nitrogen and oxygen atoms in total. The van der Waals surface area contributed by atoms with Crippen molar-refractivity contribution in [1.82, 2.24) is 23.9 Å². The molecule has 0 radical (unpaired) electrons. The highest BCUT2D eigenvalue weighted by atomic mass is 35.5. The van der Waals surface area contributed by atoms with E-state index < -0.39 is 37.6 Å². The molecule has 2 aromatic rings. The smallest absolute Gasteiger partial charge is 0.273 e. The van der Waals surface area contributed by atoms with Crippen molar-refractivity contribution in [1.29, 1.82) is 0 Å². The highest BCUT2D eigenvalue weighted by Gasteiger charge is 2.42. The van der Waals surface area contributed by atoms with Crippen LogP contribution in [0.5, 0.6) is 0 Å². The van der Waals surface area contributed by atoms with Crippen LogP contribution < -0.4 is 0 Å². The van der Waals surface area contributed by atoms with Crippen molar-refractivity contribution < 1.29 is 31.5 Å². The second-order valence-corrected chi connectivity index (χ2v) is 15.3. The van der Waals surface area contributed by atoms with Crippen LogP contribution in [0.4, 0.5) is 0 Å². The number of fused-ring (bicyclic) bond motifs is 2. The van der Waals surface area contributed by atoms with Gasteiger partial charge in [0.1, 0.15) is 11.8 Å². The Labute approximate surface area is 244 Å². The standard InChI is InChI=1S/C26H32ClN5O7S2/c1-28(40(2,36)37)15-29-13-23-25(34)32(17-31(23)16-29)21-7-9-30(10-8-21)26(35)24(33)14-41(38,39)22-6-4-18-11-20(27)5-3-19(18)12-22/h3-6,11-13,21,24,33H,7-10,14-17H2,1-2H3/t24-/m1/s1. The zero-order chi connectivity index (χ0) is 29.7. The number of hydrogen-bond acceptors (Lipinski definition) is 9. The summed E-state index contributed by atoms with van der Waals surface area (Å²) in [6.45, 7) is 1.46. The normalized spacial score (nSPS) is 19.3. The van der Waals surface area contributed by atoms with Crippen LogP contribution in [0.1, 0.15) is 12.8 Å². The molecule has 15 heteroatoms. The van der Waals surface area contributed by atoms with Gasteiger partial charge in [0, 0.05) is 37.4 Å². The lowest BCUT2D eigenvalue weighted by atomic mass is 10.0. The molecule has 222 valence electrons. The van der Waals surface area contributed by atoms with Gasteiger partial charge in [0.25, 0.3) is 11.8 Å². The van der Waals surface area contributed by atoms with E-state index in [1.54, 1.807) is 40.3 Å². The topological polar surface area (TPSA) is 139 Å². The molecule has 2 amide bonds. The SMILES string of the molecule is CN(CN1C=C2C(=O)N(C3CCN(C(=O)[C@H](O)CS(=O)(=O)c4ccc5cc(Cl)ccc5c4)CC3)CN2C1)S(C)(=O)=O. The number of hydrogen-bond donors (Lipinski definition) is 1. The Balaban J connectivity index is 1.15. The molecule has 0 bridgehead atoms. The van der Waals surface area contributed by atoms with E-state index in [0.717, 1.165) is 11.6 Å². The molecule has 2 saturated heterocycles. The predicted octanol–water partition coefficient (Wildman–Crippen LogP) is 0.684. The molecule has 3 heterocycles. The molecule has 0 aliphatic carbocycles. The number of carbonyl (C=O) groups excluding carboxylic acids is 2. The third-order valence-electron chi connectivity index (χ3n) is 7.76. The van der Waals surface area contributed by atoms with Gasteiger partial charge in [0.2, 0.25) is 10.0 Å². The molecule has 1 N–H and O–H groups in total. The average Bonchev–Trinajstić information content (AvgIpc) is 3.45. The number of likely N-dealkylation sites (tertiary alicyclic amines) is 1. The Morgan fingerprint density at radius 3 is 2.39 bits per heavy atom. The van der Waals surface area contributed by atoms with Crippen LogP contribution in [0.2, 0.25) is 5.02 Å². The highest BCUT2D eigenvalue weighted by Crippen LogP contribution is 2.30. The third-order valence-corrected chi connectivity index (χ3v) is 11.0. The monoisotopic (exact) mass is 625 g/mol. The van der Waals surface area contributed by atoms with Crippen LogP contribution in [0.3, 0.4) is 0 Å². The number of sulfonamides is 1. The number of carbonyl (C=O) groups is 2. The number of piperidine rings is 1. The fraction of sp³-hybridized carbons (Fsp3) is 0.462. The third kappa shape index (κ3) is 6.16. The Kier molecular flexibility index (Phi) is 7.98. The Morgan fingerprint density at radius 2 is 1.73 bits per heavy atom. The summed E-state index contributed by atoms with van der Waals surface area (Å²) in [7, 11) is -5.81. The van der Waals surface area contributed by atoms with Gasteiger partial charge in [-0.15, -0.1) is 0 Å². The molecule has 2 aromatic carbocycles. The summed E-state index contributed by atoms with van der Waals surface area (Å²) >= 11 is 6.00. The summed E-state index contributed by atoms with van der Waals surface area (Å²) in [5.74, 6) is -1.53. The minimum absolute atomic E-state index is 0.0156. The summed E-state index contributed by atoms with van der Waals surface area (Å²) in [6, 6.07) is 9.56. The first-order valence-electron chi connectivity index (χ1n) is 13.0. The van der Waals surface area contributed by atoms with Gasteiger partial charge in [-0.3, -0.25) is 9.59 Å². The fourth-order valence-electron chi connectivity index (χ4n) is 5.40. The fourth-order valence-corrected chi connectivity index (χ4v) is 7.27. The minimum atomic E-state index is -3.94. The van der Waals surface area contributed by atoms with E-state index in [4.69, 9.17) is 11.6 Å². The van der Waals surface area contributed by atoms with Gasteiger partial charge >= 0.3 is 0 Å². The maximum absolute atomic E-state index is 13.1. The van der Waals surface area contributed by atoms with E-state index in [1.807, 2.05) is 4.90 Å². The lowest BCUT2D eigenvalue weighted by Gasteiger charge is -2.37. The molecule has 0 saturated carbocycles. The number of aliphatic hydroxyl groups excluding tert-OH is 1. The van der Waals surface area contributed by atoms with Crippen LogP contribution in [0.25, 0.3) is 10.8 Å². The van der Waals surface area contributed by atoms with Crippen molar-refractivity contribution in [3.8, 4) is 0 Å². The molecular formula is C26H32ClN5O7S2. The molecule has 3 aliphatic heterocycles. The zero-order valence-electron chi connectivity index (χ0n) is 22.7. The Bertz CT molecular complexity index is 1620. The Morgan fingerprint density at radius 1 is 1.07 bits per heavy atom. The second kappa shape index (κ2) is 11.1. The lowest BCUT2D eigenvalue weighted by Crippen LogP contribution is -2.51. The van der Waals surface area contributed by atoms with Crippen LogP contribution in [0.15, 0.2) is 53.2 Å². The molecule has 0 spiro atoms. The van der Waals surface area contributed by atoms with Gasteiger partial charge in [-0.05, 0) is 47.9 Å². The van der Waals surface area contributed by atoms with E-state index >= 15 is 0 Å². The first-order chi connectivity index (χ1) is 19.2. The van der Waals surface area contributed by atoms with Crippen molar-refractivity contribution in [3.05, 3.63) is 53.3 Å². The largest absolute Gasteiger partial charge is 0.382 e. The van der Waals surface area contributed by atoms with Crippen LogP contribution in [-0.4, -0.2) is 122 Å². The van der Waals surface area contributed by atoms with Gasteiger partial charge < -0.3 is 24.7 Å². The van der Waals surface area contributed by atoms with Gasteiger partial charge in [-0.1, -0.05) is 23.7 Å². The van der Waals surface area contributed by atoms with Crippen molar-refractivity contribution in [2.24, 2.45) is 0 Å². The number of benzene rings is 2. The summed E-state index contributed by atoms with van der Waals surface area (Å²) < 4.78 is 50.6. The highest BCUT2D eigenvalue weighted by molar-refractivity contribution is 7.91. The van der Waals surface area contributed by atoms with Crippen molar-refractivity contribution in [2.75, 3.05) is 52.2 Å².